The van der Waals surface area contributed by atoms with Gasteiger partial charge in [0.1, 0.15) is 0 Å². The summed E-state index contributed by atoms with van der Waals surface area (Å²) in [7, 11) is 0. The van der Waals surface area contributed by atoms with Crippen LogP contribution in [0.3, 0.4) is 0 Å². The Labute approximate surface area is 107 Å². The van der Waals surface area contributed by atoms with Crippen LogP contribution in [-0.4, -0.2) is 17.6 Å². The third-order valence-corrected chi connectivity index (χ3v) is 4.09. The number of anilines is 2. The van der Waals surface area contributed by atoms with E-state index >= 15 is 0 Å². The Hall–Kier alpha value is -1.71. The van der Waals surface area contributed by atoms with Crippen LogP contribution >= 0.6 is 0 Å². The number of benzene rings is 1. The van der Waals surface area contributed by atoms with Crippen molar-refractivity contribution in [3.05, 3.63) is 23.8 Å². The van der Waals surface area contributed by atoms with Crippen molar-refractivity contribution in [3.63, 3.8) is 0 Å². The van der Waals surface area contributed by atoms with Gasteiger partial charge in [-0.15, -0.1) is 0 Å². The van der Waals surface area contributed by atoms with Gasteiger partial charge in [0.05, 0.1) is 5.56 Å². The molecule has 0 spiro atoms. The maximum atomic E-state index is 11.2. The quantitative estimate of drug-likeness (QED) is 0.700. The smallest absolute Gasteiger partial charge is 0.337 e. The molecule has 18 heavy (non-hydrogen) atoms. The maximum Gasteiger partial charge on any atom is 0.337 e. The molecular formula is C14H20N2O2. The molecule has 0 aromatic heterocycles. The summed E-state index contributed by atoms with van der Waals surface area (Å²) in [6.07, 6.45) is 4.88. The second-order valence-corrected chi connectivity index (χ2v) is 5.17. The lowest BCUT2D eigenvalue weighted by atomic mass is 9.67. The van der Waals surface area contributed by atoms with Gasteiger partial charge in [-0.2, -0.15) is 0 Å². The summed E-state index contributed by atoms with van der Waals surface area (Å²) < 4.78 is 0. The second-order valence-electron chi connectivity index (χ2n) is 5.17. The fourth-order valence-corrected chi connectivity index (χ4v) is 2.51. The maximum absolute atomic E-state index is 11.2. The van der Waals surface area contributed by atoms with Crippen molar-refractivity contribution in [2.75, 3.05) is 17.6 Å². The molecule has 1 aliphatic carbocycles. The molecule has 1 fully saturated rings. The van der Waals surface area contributed by atoms with Crippen molar-refractivity contribution >= 4 is 17.3 Å². The van der Waals surface area contributed by atoms with Crippen molar-refractivity contribution < 1.29 is 9.90 Å². The molecule has 1 aromatic carbocycles. The first-order chi connectivity index (χ1) is 8.56. The second kappa shape index (κ2) is 4.88. The minimum absolute atomic E-state index is 0.251. The van der Waals surface area contributed by atoms with Crippen LogP contribution in [0.5, 0.6) is 0 Å². The number of nitrogens with two attached hydrogens (primary N) is 1. The van der Waals surface area contributed by atoms with Gasteiger partial charge < -0.3 is 16.2 Å². The number of carboxylic acids is 1. The zero-order chi connectivity index (χ0) is 13.2. The van der Waals surface area contributed by atoms with Gasteiger partial charge in [-0.05, 0) is 42.9 Å². The van der Waals surface area contributed by atoms with Crippen molar-refractivity contribution in [1.29, 1.82) is 0 Å². The standard InChI is InChI=1S/C14H20N2O2/c1-2-14(6-3-7-14)9-16-12-5-4-10(15)8-11(12)13(17)18/h4-5,8,16H,2-3,6-7,9,15H2,1H3,(H,17,18). The average molecular weight is 248 g/mol. The Morgan fingerprint density at radius 1 is 1.50 bits per heavy atom. The summed E-state index contributed by atoms with van der Waals surface area (Å²) in [5, 5.41) is 12.4. The Morgan fingerprint density at radius 2 is 2.22 bits per heavy atom. The van der Waals surface area contributed by atoms with Crippen LogP contribution in [0.1, 0.15) is 43.0 Å². The first-order valence-electron chi connectivity index (χ1n) is 6.43. The monoisotopic (exact) mass is 248 g/mol. The van der Waals surface area contributed by atoms with Gasteiger partial charge in [-0.1, -0.05) is 13.3 Å². The lowest BCUT2D eigenvalue weighted by Crippen LogP contribution is -2.36. The summed E-state index contributed by atoms with van der Waals surface area (Å²) in [4.78, 5) is 11.2. The summed E-state index contributed by atoms with van der Waals surface area (Å²) in [5.41, 5.74) is 7.37. The molecule has 98 valence electrons. The van der Waals surface area contributed by atoms with Crippen LogP contribution in [0, 0.1) is 5.41 Å². The number of aromatic carboxylic acids is 1. The Balaban J connectivity index is 2.11. The minimum Gasteiger partial charge on any atom is -0.478 e. The number of carbonyl (C=O) groups is 1. The van der Waals surface area contributed by atoms with E-state index < -0.39 is 5.97 Å². The van der Waals surface area contributed by atoms with E-state index in [1.807, 2.05) is 0 Å². The Kier molecular flexibility index (Phi) is 3.45. The number of rotatable bonds is 5. The average Bonchev–Trinajstić information content (AvgIpc) is 2.29. The molecule has 4 heteroatoms. The highest BCUT2D eigenvalue weighted by molar-refractivity contribution is 5.95. The Bertz CT molecular complexity index is 448. The molecule has 4 N–H and O–H groups in total. The van der Waals surface area contributed by atoms with Crippen LogP contribution in [0.4, 0.5) is 11.4 Å². The van der Waals surface area contributed by atoms with Gasteiger partial charge in [0.15, 0.2) is 0 Å². The van der Waals surface area contributed by atoms with E-state index in [9.17, 15) is 4.79 Å². The van der Waals surface area contributed by atoms with Gasteiger partial charge >= 0.3 is 5.97 Å². The van der Waals surface area contributed by atoms with Crippen LogP contribution < -0.4 is 11.1 Å². The predicted octanol–water partition coefficient (Wildman–Crippen LogP) is 2.96. The molecule has 2 rings (SSSR count). The molecule has 0 unspecified atom stereocenters. The molecule has 4 nitrogen and oxygen atoms in total. The fourth-order valence-electron chi connectivity index (χ4n) is 2.51. The summed E-state index contributed by atoms with van der Waals surface area (Å²) in [6, 6.07) is 4.99. The Morgan fingerprint density at radius 3 is 2.72 bits per heavy atom. The SMILES string of the molecule is CCC1(CNc2ccc(N)cc2C(=O)O)CCC1. The summed E-state index contributed by atoms with van der Waals surface area (Å²) in [5.74, 6) is -0.941. The molecule has 0 radical (unpaired) electrons. The van der Waals surface area contributed by atoms with E-state index in [4.69, 9.17) is 10.8 Å². The van der Waals surface area contributed by atoms with E-state index in [1.54, 1.807) is 12.1 Å². The topological polar surface area (TPSA) is 75.3 Å². The summed E-state index contributed by atoms with van der Waals surface area (Å²) >= 11 is 0. The fraction of sp³-hybridized carbons (Fsp3) is 0.500. The van der Waals surface area contributed by atoms with Crippen molar-refractivity contribution in [2.24, 2.45) is 5.41 Å². The van der Waals surface area contributed by atoms with Crippen molar-refractivity contribution in [3.8, 4) is 0 Å². The zero-order valence-corrected chi connectivity index (χ0v) is 10.7. The molecule has 1 aliphatic rings. The minimum atomic E-state index is -0.941. The van der Waals surface area contributed by atoms with E-state index in [-0.39, 0.29) is 5.56 Å². The first-order valence-corrected chi connectivity index (χ1v) is 6.43. The molecule has 1 aromatic rings. The van der Waals surface area contributed by atoms with E-state index in [0.717, 1.165) is 13.0 Å². The van der Waals surface area contributed by atoms with Crippen molar-refractivity contribution in [1.82, 2.24) is 0 Å². The third kappa shape index (κ3) is 2.42. The third-order valence-electron chi connectivity index (χ3n) is 4.09. The van der Waals surface area contributed by atoms with Gasteiger partial charge in [0.2, 0.25) is 0 Å². The van der Waals surface area contributed by atoms with Crippen LogP contribution in [0.15, 0.2) is 18.2 Å². The van der Waals surface area contributed by atoms with Crippen LogP contribution in [-0.2, 0) is 0 Å². The molecule has 1 saturated carbocycles. The van der Waals surface area contributed by atoms with Gasteiger partial charge in [0, 0.05) is 17.9 Å². The largest absolute Gasteiger partial charge is 0.478 e. The highest BCUT2D eigenvalue weighted by Crippen LogP contribution is 2.43. The predicted molar refractivity (Wildman–Crippen MR) is 72.9 cm³/mol. The summed E-state index contributed by atoms with van der Waals surface area (Å²) in [6.45, 7) is 3.04. The zero-order valence-electron chi connectivity index (χ0n) is 10.7. The highest BCUT2D eigenvalue weighted by atomic mass is 16.4. The molecule has 0 bridgehead atoms. The molecule has 0 amide bonds. The lowest BCUT2D eigenvalue weighted by molar-refractivity contribution is 0.0697. The molecular weight excluding hydrogens is 228 g/mol. The lowest BCUT2D eigenvalue weighted by Gasteiger charge is -2.41. The van der Waals surface area contributed by atoms with E-state index in [2.05, 4.69) is 12.2 Å². The molecule has 0 atom stereocenters. The van der Waals surface area contributed by atoms with Crippen LogP contribution in [0.25, 0.3) is 0 Å². The highest BCUT2D eigenvalue weighted by Gasteiger charge is 2.34. The number of hydrogen-bond donors (Lipinski definition) is 3. The normalized spacial score (nSPS) is 16.9. The van der Waals surface area contributed by atoms with E-state index in [0.29, 0.717) is 16.8 Å². The number of nitrogen functional groups attached to an aromatic ring is 1. The molecule has 0 heterocycles. The number of carboxylic acid groups (broad SMARTS) is 1. The van der Waals surface area contributed by atoms with Gasteiger partial charge in [0.25, 0.3) is 0 Å². The number of hydrogen-bond acceptors (Lipinski definition) is 3. The molecule has 0 aliphatic heterocycles. The van der Waals surface area contributed by atoms with Crippen LogP contribution in [0.2, 0.25) is 0 Å². The van der Waals surface area contributed by atoms with Gasteiger partial charge in [-0.3, -0.25) is 0 Å². The molecule has 0 saturated heterocycles. The first kappa shape index (κ1) is 12.7. The van der Waals surface area contributed by atoms with E-state index in [1.165, 1.54) is 25.3 Å². The number of nitrogens with one attached hydrogen (secondary N) is 1. The van der Waals surface area contributed by atoms with Gasteiger partial charge in [-0.25, -0.2) is 4.79 Å². The van der Waals surface area contributed by atoms with Crippen molar-refractivity contribution in [2.45, 2.75) is 32.6 Å².